The zero-order valence-corrected chi connectivity index (χ0v) is 18.4. The van der Waals surface area contributed by atoms with Crippen LogP contribution in [0.4, 0.5) is 5.82 Å². The van der Waals surface area contributed by atoms with E-state index >= 15 is 0 Å². The molecule has 2 aromatic rings. The van der Waals surface area contributed by atoms with Crippen LogP contribution in [0.25, 0.3) is 0 Å². The third-order valence-corrected chi connectivity index (χ3v) is 7.43. The average molecular weight is 469 g/mol. The first-order valence-corrected chi connectivity index (χ1v) is 12.2. The van der Waals surface area contributed by atoms with Crippen molar-refractivity contribution in [2.75, 3.05) is 25.6 Å². The topological polar surface area (TPSA) is 178 Å². The van der Waals surface area contributed by atoms with E-state index < -0.39 is 28.9 Å². The van der Waals surface area contributed by atoms with Gasteiger partial charge in [-0.3, -0.25) is 9.05 Å². The zero-order chi connectivity index (χ0) is 21.7. The molecule has 29 heavy (non-hydrogen) atoms. The molecule has 0 bridgehead atoms. The van der Waals surface area contributed by atoms with Gasteiger partial charge in [-0.25, -0.2) is 19.1 Å². The molecule has 0 saturated heterocycles. The predicted octanol–water partition coefficient (Wildman–Crippen LogP) is 0.858. The molecule has 0 aliphatic heterocycles. The quantitative estimate of drug-likeness (QED) is 0.271. The van der Waals surface area contributed by atoms with Crippen molar-refractivity contribution >= 4 is 32.8 Å². The lowest BCUT2D eigenvalue weighted by Gasteiger charge is -2.17. The second-order valence-corrected chi connectivity index (χ2v) is 9.83. The highest BCUT2D eigenvalue weighted by Gasteiger charge is 2.36. The zero-order valence-electron chi connectivity index (χ0n) is 15.8. The molecule has 162 valence electrons. The van der Waals surface area contributed by atoms with E-state index in [1.165, 1.54) is 11.3 Å². The van der Waals surface area contributed by atoms with Gasteiger partial charge in [0.1, 0.15) is 11.6 Å². The van der Waals surface area contributed by atoms with Gasteiger partial charge in [0.15, 0.2) is 12.2 Å². The van der Waals surface area contributed by atoms with Crippen LogP contribution in [0.2, 0.25) is 0 Å². The summed E-state index contributed by atoms with van der Waals surface area (Å²) < 4.78 is 39.0. The molecule has 2 aromatic heterocycles. The van der Waals surface area contributed by atoms with Gasteiger partial charge in [0, 0.05) is 19.5 Å². The Morgan fingerprint density at radius 3 is 2.55 bits per heavy atom. The minimum absolute atomic E-state index is 0.181. The molecule has 15 heteroatoms. The molecule has 12 nitrogen and oxygen atoms in total. The van der Waals surface area contributed by atoms with E-state index in [9.17, 15) is 9.13 Å². The molecule has 0 spiro atoms. The Kier molecular flexibility index (Phi) is 8.41. The molecular weight excluding hydrogens is 446 g/mol. The maximum Gasteiger partial charge on any atom is 0.483 e. The Bertz CT molecular complexity index is 934. The molecule has 1 atom stereocenters. The normalized spacial score (nSPS) is 14.1. The van der Waals surface area contributed by atoms with E-state index in [0.29, 0.717) is 24.6 Å². The molecule has 0 radical (unpaired) electrons. The number of nitrogens with zero attached hydrogens (tertiary/aromatic N) is 3. The first kappa shape index (κ1) is 24.0. The van der Waals surface area contributed by atoms with Crippen LogP contribution in [0.1, 0.15) is 22.0 Å². The van der Waals surface area contributed by atoms with Gasteiger partial charge in [-0.05, 0) is 6.92 Å². The fourth-order valence-electron chi connectivity index (χ4n) is 2.28. The van der Waals surface area contributed by atoms with Crippen LogP contribution in [0.15, 0.2) is 11.7 Å². The molecule has 2 heterocycles. The molecule has 1 unspecified atom stereocenters. The number of nitrogen functional groups attached to an aromatic ring is 1. The van der Waals surface area contributed by atoms with Crippen LogP contribution in [0.5, 0.6) is 0 Å². The molecule has 5 N–H and O–H groups in total. The standard InChI is InChI=1S/C14H22N4O8P2S/c1-10-13(3-5-24-28(23,25-6-4-19)26-27(20,21)22)29-9-18(10)8-12-7-16-11(2)17-14(12)15/h7,9,19H,3-6,8H2,1-2H3,(H3-,15,16,17,20,21,22)/p+1. The maximum atomic E-state index is 12.3. The van der Waals surface area contributed by atoms with E-state index in [-0.39, 0.29) is 6.61 Å². The van der Waals surface area contributed by atoms with Gasteiger partial charge in [0.2, 0.25) is 5.51 Å². The summed E-state index contributed by atoms with van der Waals surface area (Å²) >= 11 is 1.42. The summed E-state index contributed by atoms with van der Waals surface area (Å²) in [5.41, 5.74) is 9.46. The van der Waals surface area contributed by atoms with Crippen LogP contribution in [0, 0.1) is 13.8 Å². The lowest BCUT2D eigenvalue weighted by Crippen LogP contribution is -2.35. The second-order valence-electron chi connectivity index (χ2n) is 5.85. The summed E-state index contributed by atoms with van der Waals surface area (Å²) in [6.45, 7) is 2.93. The van der Waals surface area contributed by atoms with Crippen LogP contribution in [0.3, 0.4) is 0 Å². The second kappa shape index (κ2) is 10.2. The summed E-state index contributed by atoms with van der Waals surface area (Å²) in [6, 6.07) is 0. The van der Waals surface area contributed by atoms with Crippen molar-refractivity contribution in [2.24, 2.45) is 0 Å². The number of aliphatic hydroxyl groups excluding tert-OH is 1. The van der Waals surface area contributed by atoms with Crippen molar-refractivity contribution in [3.63, 3.8) is 0 Å². The SMILES string of the molecule is Cc1ncc(C[n+]2csc(CCOP(=O)(OCCO)OP(=O)(O)O)c2C)c(N)n1. The summed E-state index contributed by atoms with van der Waals surface area (Å²) in [5.74, 6) is 0.985. The van der Waals surface area contributed by atoms with E-state index in [0.717, 1.165) is 16.1 Å². The maximum absolute atomic E-state index is 12.3. The van der Waals surface area contributed by atoms with Gasteiger partial charge in [0.25, 0.3) is 0 Å². The number of hydrogen-bond donors (Lipinski definition) is 4. The lowest BCUT2D eigenvalue weighted by atomic mass is 10.2. The monoisotopic (exact) mass is 469 g/mol. The van der Waals surface area contributed by atoms with Gasteiger partial charge < -0.3 is 20.6 Å². The average Bonchev–Trinajstić information content (AvgIpc) is 2.94. The number of aryl methyl sites for hydroxylation is 1. The molecule has 0 saturated carbocycles. The number of phosphoric ester groups is 1. The highest BCUT2D eigenvalue weighted by atomic mass is 32.1. The van der Waals surface area contributed by atoms with Crippen molar-refractivity contribution in [3.05, 3.63) is 33.7 Å². The third kappa shape index (κ3) is 7.49. The Hall–Kier alpha value is -1.27. The third-order valence-electron chi connectivity index (χ3n) is 3.64. The number of phosphoric acid groups is 2. The molecule has 2 rings (SSSR count). The molecular formula is C14H23N4O8P2S+. The van der Waals surface area contributed by atoms with Crippen molar-refractivity contribution in [1.29, 1.82) is 0 Å². The van der Waals surface area contributed by atoms with Crippen LogP contribution in [-0.2, 0) is 35.5 Å². The van der Waals surface area contributed by atoms with Crippen LogP contribution >= 0.6 is 27.0 Å². The fourth-order valence-corrected chi connectivity index (χ4v) is 5.37. The molecule has 0 fully saturated rings. The Morgan fingerprint density at radius 2 is 1.93 bits per heavy atom. The van der Waals surface area contributed by atoms with Crippen molar-refractivity contribution in [1.82, 2.24) is 9.97 Å². The van der Waals surface area contributed by atoms with Crippen LogP contribution in [-0.4, -0.2) is 44.7 Å². The number of nitrogens with two attached hydrogens (primary N) is 1. The highest BCUT2D eigenvalue weighted by Crippen LogP contribution is 2.61. The summed E-state index contributed by atoms with van der Waals surface area (Å²) in [5, 5.41) is 8.76. The minimum atomic E-state index is -5.11. The van der Waals surface area contributed by atoms with Gasteiger partial charge >= 0.3 is 15.6 Å². The van der Waals surface area contributed by atoms with Crippen molar-refractivity contribution in [2.45, 2.75) is 26.8 Å². The Balaban J connectivity index is 2.01. The lowest BCUT2D eigenvalue weighted by molar-refractivity contribution is -0.689. The van der Waals surface area contributed by atoms with Gasteiger partial charge in [-0.2, -0.15) is 8.88 Å². The number of thiazole rings is 1. The van der Waals surface area contributed by atoms with Gasteiger partial charge in [0.05, 0.1) is 30.3 Å². The van der Waals surface area contributed by atoms with E-state index in [4.69, 9.17) is 25.2 Å². The van der Waals surface area contributed by atoms with Crippen LogP contribution < -0.4 is 10.3 Å². The highest BCUT2D eigenvalue weighted by molar-refractivity contribution is 7.61. The molecule has 0 amide bonds. The smallest absolute Gasteiger partial charge is 0.394 e. The van der Waals surface area contributed by atoms with E-state index in [1.54, 1.807) is 13.1 Å². The van der Waals surface area contributed by atoms with Gasteiger partial charge in [-0.15, -0.1) is 0 Å². The van der Waals surface area contributed by atoms with E-state index in [1.807, 2.05) is 17.0 Å². The van der Waals surface area contributed by atoms with Crippen molar-refractivity contribution < 1.29 is 41.9 Å². The minimum Gasteiger partial charge on any atom is -0.394 e. The summed E-state index contributed by atoms with van der Waals surface area (Å²) in [7, 11) is -9.64. The number of anilines is 1. The van der Waals surface area contributed by atoms with E-state index in [2.05, 4.69) is 18.8 Å². The number of rotatable bonds is 11. The van der Waals surface area contributed by atoms with Gasteiger partial charge in [-0.1, -0.05) is 11.3 Å². The Morgan fingerprint density at radius 1 is 1.24 bits per heavy atom. The fraction of sp³-hybridized carbons (Fsp3) is 0.500. The predicted molar refractivity (Wildman–Crippen MR) is 103 cm³/mol. The number of aromatic nitrogens is 3. The number of aliphatic hydroxyl groups is 1. The molecule has 0 aliphatic carbocycles. The Labute approximate surface area is 171 Å². The largest absolute Gasteiger partial charge is 0.483 e. The van der Waals surface area contributed by atoms with Crippen molar-refractivity contribution in [3.8, 4) is 0 Å². The summed E-state index contributed by atoms with van der Waals surface area (Å²) in [6.07, 6.45) is 1.96. The number of hydrogen-bond acceptors (Lipinski definition) is 10. The first-order chi connectivity index (χ1) is 13.5. The molecule has 0 aliphatic rings. The first-order valence-electron chi connectivity index (χ1n) is 8.34. The molecule has 0 aromatic carbocycles. The summed E-state index contributed by atoms with van der Waals surface area (Å²) in [4.78, 5) is 26.9.